The molecule has 100 valence electrons. The third-order valence-corrected chi connectivity index (χ3v) is 2.81. The number of pyridine rings is 1. The molecule has 0 bridgehead atoms. The van der Waals surface area contributed by atoms with E-state index < -0.39 is 0 Å². The number of nitrogens with zero attached hydrogens (tertiary/aromatic N) is 4. The Kier molecular flexibility index (Phi) is 4.22. The SMILES string of the molecule is CCC(C)Nc1ncn(Cc2ccccn2)c(=O)n1. The largest absolute Gasteiger partial charge is 0.352 e. The van der Waals surface area contributed by atoms with Crippen molar-refractivity contribution in [1.82, 2.24) is 19.5 Å². The summed E-state index contributed by atoms with van der Waals surface area (Å²) in [6.45, 7) is 4.45. The van der Waals surface area contributed by atoms with E-state index in [9.17, 15) is 4.79 Å². The van der Waals surface area contributed by atoms with Crippen LogP contribution in [0.2, 0.25) is 0 Å². The second kappa shape index (κ2) is 6.08. The molecule has 2 aromatic rings. The van der Waals surface area contributed by atoms with Gasteiger partial charge in [0.15, 0.2) is 0 Å². The van der Waals surface area contributed by atoms with Gasteiger partial charge in [-0.15, -0.1) is 0 Å². The van der Waals surface area contributed by atoms with Crippen molar-refractivity contribution in [3.8, 4) is 0 Å². The average molecular weight is 259 g/mol. The molecule has 2 heterocycles. The van der Waals surface area contributed by atoms with Gasteiger partial charge in [0.2, 0.25) is 5.95 Å². The third kappa shape index (κ3) is 3.61. The van der Waals surface area contributed by atoms with Crippen molar-refractivity contribution in [2.45, 2.75) is 32.9 Å². The Hall–Kier alpha value is -2.24. The van der Waals surface area contributed by atoms with Gasteiger partial charge >= 0.3 is 5.69 Å². The maximum Gasteiger partial charge on any atom is 0.352 e. The Morgan fingerprint density at radius 2 is 2.21 bits per heavy atom. The van der Waals surface area contributed by atoms with Gasteiger partial charge < -0.3 is 5.32 Å². The lowest BCUT2D eigenvalue weighted by molar-refractivity contribution is 0.677. The molecule has 0 amide bonds. The van der Waals surface area contributed by atoms with Gasteiger partial charge in [-0.05, 0) is 25.5 Å². The van der Waals surface area contributed by atoms with Crippen LogP contribution in [0.25, 0.3) is 0 Å². The second-order valence-corrected chi connectivity index (χ2v) is 4.37. The fraction of sp³-hybridized carbons (Fsp3) is 0.385. The van der Waals surface area contributed by atoms with Crippen LogP contribution in [0.4, 0.5) is 5.95 Å². The Balaban J connectivity index is 2.14. The maximum absolute atomic E-state index is 11.9. The third-order valence-electron chi connectivity index (χ3n) is 2.81. The molecule has 0 aliphatic heterocycles. The summed E-state index contributed by atoms with van der Waals surface area (Å²) in [6.07, 6.45) is 4.13. The zero-order valence-electron chi connectivity index (χ0n) is 11.1. The van der Waals surface area contributed by atoms with Crippen LogP contribution >= 0.6 is 0 Å². The molecule has 0 saturated carbocycles. The van der Waals surface area contributed by atoms with Gasteiger partial charge in [-0.25, -0.2) is 9.78 Å². The summed E-state index contributed by atoms with van der Waals surface area (Å²) >= 11 is 0. The molecule has 0 radical (unpaired) electrons. The molecular formula is C13H17N5O. The van der Waals surface area contributed by atoms with Crippen molar-refractivity contribution in [3.63, 3.8) is 0 Å². The maximum atomic E-state index is 11.9. The van der Waals surface area contributed by atoms with E-state index in [1.165, 1.54) is 10.9 Å². The summed E-state index contributed by atoms with van der Waals surface area (Å²) in [5.74, 6) is 0.372. The van der Waals surface area contributed by atoms with Crippen LogP contribution in [0, 0.1) is 0 Å². The zero-order valence-corrected chi connectivity index (χ0v) is 11.1. The van der Waals surface area contributed by atoms with E-state index in [0.29, 0.717) is 12.5 Å². The molecule has 2 rings (SSSR count). The summed E-state index contributed by atoms with van der Waals surface area (Å²) in [7, 11) is 0. The standard InChI is InChI=1S/C13H17N5O/c1-3-10(2)16-12-15-9-18(13(19)17-12)8-11-6-4-5-7-14-11/h4-7,9-10H,3,8H2,1-2H3,(H,16,17,19). The molecule has 1 N–H and O–H groups in total. The first-order valence-corrected chi connectivity index (χ1v) is 6.29. The van der Waals surface area contributed by atoms with Gasteiger partial charge in [-0.1, -0.05) is 13.0 Å². The van der Waals surface area contributed by atoms with Crippen LogP contribution < -0.4 is 11.0 Å². The molecule has 0 fully saturated rings. The van der Waals surface area contributed by atoms with Crippen LogP contribution in [0.3, 0.4) is 0 Å². The predicted molar refractivity (Wildman–Crippen MR) is 73.0 cm³/mol. The van der Waals surface area contributed by atoms with Gasteiger partial charge in [-0.2, -0.15) is 4.98 Å². The van der Waals surface area contributed by atoms with E-state index in [1.54, 1.807) is 6.20 Å². The average Bonchev–Trinajstić information content (AvgIpc) is 2.43. The van der Waals surface area contributed by atoms with Crippen molar-refractivity contribution in [2.75, 3.05) is 5.32 Å². The minimum atomic E-state index is -0.327. The molecule has 0 aromatic carbocycles. The minimum absolute atomic E-state index is 0.242. The quantitative estimate of drug-likeness (QED) is 0.876. The number of rotatable bonds is 5. The predicted octanol–water partition coefficient (Wildman–Crippen LogP) is 1.29. The van der Waals surface area contributed by atoms with Crippen molar-refractivity contribution in [3.05, 3.63) is 46.9 Å². The molecule has 1 atom stereocenters. The van der Waals surface area contributed by atoms with Gasteiger partial charge in [0, 0.05) is 12.2 Å². The second-order valence-electron chi connectivity index (χ2n) is 4.37. The fourth-order valence-corrected chi connectivity index (χ4v) is 1.52. The number of hydrogen-bond donors (Lipinski definition) is 1. The van der Waals surface area contributed by atoms with Crippen LogP contribution in [-0.4, -0.2) is 25.6 Å². The number of anilines is 1. The Morgan fingerprint density at radius 1 is 1.37 bits per heavy atom. The van der Waals surface area contributed by atoms with Crippen molar-refractivity contribution < 1.29 is 0 Å². The van der Waals surface area contributed by atoms with Gasteiger partial charge in [0.05, 0.1) is 12.2 Å². The summed E-state index contributed by atoms with van der Waals surface area (Å²) in [4.78, 5) is 24.1. The summed E-state index contributed by atoms with van der Waals surface area (Å²) < 4.78 is 1.43. The molecule has 6 nitrogen and oxygen atoms in total. The molecule has 0 saturated heterocycles. The first-order chi connectivity index (χ1) is 9.19. The topological polar surface area (TPSA) is 72.7 Å². The van der Waals surface area contributed by atoms with Crippen LogP contribution in [0.1, 0.15) is 26.0 Å². The van der Waals surface area contributed by atoms with Gasteiger partial charge in [0.1, 0.15) is 6.33 Å². The normalized spacial score (nSPS) is 12.1. The Labute approximate surface area is 111 Å². The van der Waals surface area contributed by atoms with Crippen molar-refractivity contribution >= 4 is 5.95 Å². The molecule has 6 heteroatoms. The lowest BCUT2D eigenvalue weighted by Gasteiger charge is -2.11. The fourth-order valence-electron chi connectivity index (χ4n) is 1.52. The molecule has 2 aromatic heterocycles. The highest BCUT2D eigenvalue weighted by molar-refractivity contribution is 5.22. The van der Waals surface area contributed by atoms with E-state index in [-0.39, 0.29) is 11.7 Å². The summed E-state index contributed by atoms with van der Waals surface area (Å²) in [5.41, 5.74) is 0.474. The number of aromatic nitrogens is 4. The van der Waals surface area contributed by atoms with Crippen molar-refractivity contribution in [1.29, 1.82) is 0 Å². The minimum Gasteiger partial charge on any atom is -0.352 e. The summed E-state index contributed by atoms with van der Waals surface area (Å²) in [5, 5.41) is 3.07. The zero-order chi connectivity index (χ0) is 13.7. The van der Waals surface area contributed by atoms with Crippen LogP contribution in [-0.2, 0) is 6.54 Å². The smallest absolute Gasteiger partial charge is 0.352 e. The van der Waals surface area contributed by atoms with Crippen molar-refractivity contribution in [2.24, 2.45) is 0 Å². The lowest BCUT2D eigenvalue weighted by atomic mass is 10.3. The monoisotopic (exact) mass is 259 g/mol. The first-order valence-electron chi connectivity index (χ1n) is 6.29. The highest BCUT2D eigenvalue weighted by Crippen LogP contribution is 2.00. The number of hydrogen-bond acceptors (Lipinski definition) is 5. The van der Waals surface area contributed by atoms with Crippen LogP contribution in [0.15, 0.2) is 35.5 Å². The highest BCUT2D eigenvalue weighted by atomic mass is 16.1. The van der Waals surface area contributed by atoms with Gasteiger partial charge in [-0.3, -0.25) is 9.55 Å². The van der Waals surface area contributed by atoms with E-state index in [2.05, 4.69) is 27.2 Å². The molecule has 19 heavy (non-hydrogen) atoms. The molecule has 0 spiro atoms. The first kappa shape index (κ1) is 13.2. The molecule has 0 aliphatic rings. The van der Waals surface area contributed by atoms with E-state index in [0.717, 1.165) is 12.1 Å². The number of nitrogens with one attached hydrogen (secondary N) is 1. The van der Waals surface area contributed by atoms with E-state index >= 15 is 0 Å². The Bertz CT molecular complexity index is 581. The van der Waals surface area contributed by atoms with E-state index in [1.807, 2.05) is 25.1 Å². The van der Waals surface area contributed by atoms with Crippen LogP contribution in [0.5, 0.6) is 0 Å². The molecular weight excluding hydrogens is 242 g/mol. The lowest BCUT2D eigenvalue weighted by Crippen LogP contribution is -2.27. The van der Waals surface area contributed by atoms with Gasteiger partial charge in [0.25, 0.3) is 0 Å². The summed E-state index contributed by atoms with van der Waals surface area (Å²) in [6, 6.07) is 5.82. The highest BCUT2D eigenvalue weighted by Gasteiger charge is 2.05. The molecule has 0 aliphatic carbocycles. The Morgan fingerprint density at radius 3 is 2.84 bits per heavy atom. The molecule has 1 unspecified atom stereocenters. The van der Waals surface area contributed by atoms with E-state index in [4.69, 9.17) is 0 Å².